The van der Waals surface area contributed by atoms with Gasteiger partial charge in [0.05, 0.1) is 17.4 Å². The molecule has 1 saturated carbocycles. The lowest BCUT2D eigenvalue weighted by Crippen LogP contribution is -2.34. The number of hydrogen-bond acceptors (Lipinski definition) is 4. The first-order valence-electron chi connectivity index (χ1n) is 6.91. The highest BCUT2D eigenvalue weighted by Gasteiger charge is 2.22. The van der Waals surface area contributed by atoms with Gasteiger partial charge in [-0.1, -0.05) is 26.2 Å². The number of aromatic nitrogens is 1. The van der Waals surface area contributed by atoms with Gasteiger partial charge in [0, 0.05) is 12.7 Å². The van der Waals surface area contributed by atoms with Crippen molar-refractivity contribution in [3.8, 4) is 0 Å². The molecule has 2 rings (SSSR count). The summed E-state index contributed by atoms with van der Waals surface area (Å²) in [5, 5.41) is 3.01. The molecule has 0 aromatic carbocycles. The van der Waals surface area contributed by atoms with E-state index in [2.05, 4.69) is 22.7 Å². The summed E-state index contributed by atoms with van der Waals surface area (Å²) < 4.78 is 0. The Morgan fingerprint density at radius 3 is 3.00 bits per heavy atom. The quantitative estimate of drug-likeness (QED) is 0.572. The molecule has 0 bridgehead atoms. The molecule has 1 heterocycles. The van der Waals surface area contributed by atoms with Gasteiger partial charge >= 0.3 is 0 Å². The number of anilines is 1. The predicted octanol–water partition coefficient (Wildman–Crippen LogP) is 1.92. The molecule has 1 aliphatic carbocycles. The molecule has 104 valence electrons. The van der Waals surface area contributed by atoms with Crippen molar-refractivity contribution in [2.75, 3.05) is 12.0 Å². The van der Waals surface area contributed by atoms with E-state index >= 15 is 0 Å². The molecular weight excluding hydrogens is 240 g/mol. The Kier molecular flexibility index (Phi) is 4.74. The number of hydrogen-bond donors (Lipinski definition) is 3. The van der Waals surface area contributed by atoms with Crippen molar-refractivity contribution < 1.29 is 4.79 Å². The summed E-state index contributed by atoms with van der Waals surface area (Å²) in [7, 11) is 0. The van der Waals surface area contributed by atoms with E-state index in [0.717, 1.165) is 6.54 Å². The lowest BCUT2D eigenvalue weighted by atomic mass is 9.80. The summed E-state index contributed by atoms with van der Waals surface area (Å²) in [5.41, 5.74) is 3.59. The van der Waals surface area contributed by atoms with Crippen LogP contribution >= 0.6 is 0 Å². The number of nitrogens with zero attached hydrogens (tertiary/aromatic N) is 1. The zero-order chi connectivity index (χ0) is 13.7. The Hall–Kier alpha value is -1.62. The van der Waals surface area contributed by atoms with Crippen LogP contribution in [0.5, 0.6) is 0 Å². The molecule has 0 aliphatic heterocycles. The monoisotopic (exact) mass is 262 g/mol. The number of rotatable bonds is 4. The van der Waals surface area contributed by atoms with Crippen molar-refractivity contribution in [2.24, 2.45) is 17.7 Å². The van der Waals surface area contributed by atoms with Gasteiger partial charge in [0.25, 0.3) is 5.91 Å². The normalized spacial score (nSPS) is 22.8. The van der Waals surface area contributed by atoms with Crippen LogP contribution in [0.3, 0.4) is 0 Å². The maximum Gasteiger partial charge on any atom is 0.253 e. The Labute approximate surface area is 114 Å². The highest BCUT2D eigenvalue weighted by molar-refractivity contribution is 5.99. The van der Waals surface area contributed by atoms with Crippen LogP contribution in [-0.4, -0.2) is 17.4 Å². The first-order valence-corrected chi connectivity index (χ1v) is 6.91. The largest absolute Gasteiger partial charge is 0.352 e. The molecule has 4 N–H and O–H groups in total. The maximum absolute atomic E-state index is 12.1. The number of nitrogen functional groups attached to an aromatic ring is 1. The number of hydrazine groups is 1. The number of nitrogens with two attached hydrogens (primary N) is 1. The first-order chi connectivity index (χ1) is 9.22. The molecule has 1 aromatic heterocycles. The maximum atomic E-state index is 12.1. The van der Waals surface area contributed by atoms with Crippen molar-refractivity contribution in [3.63, 3.8) is 0 Å². The van der Waals surface area contributed by atoms with Gasteiger partial charge in [-0.15, -0.1) is 0 Å². The first kappa shape index (κ1) is 13.8. The van der Waals surface area contributed by atoms with E-state index in [-0.39, 0.29) is 5.91 Å². The fraction of sp³-hybridized carbons (Fsp3) is 0.571. The molecule has 0 spiro atoms. The third-order valence-electron chi connectivity index (χ3n) is 4.04. The van der Waals surface area contributed by atoms with Gasteiger partial charge in [-0.3, -0.25) is 15.6 Å². The fourth-order valence-corrected chi connectivity index (χ4v) is 2.72. The van der Waals surface area contributed by atoms with Gasteiger partial charge in [0.1, 0.15) is 0 Å². The van der Waals surface area contributed by atoms with Crippen molar-refractivity contribution >= 4 is 11.6 Å². The topological polar surface area (TPSA) is 80.0 Å². The standard InChI is InChI=1S/C14H22N4O/c1-10-4-2-3-5-11(10)8-17-14(19)12-6-7-16-9-13(12)18-15/h6-7,9-11,18H,2-5,8,15H2,1H3,(H,17,19). The van der Waals surface area contributed by atoms with Crippen molar-refractivity contribution in [3.05, 3.63) is 24.0 Å². The van der Waals surface area contributed by atoms with Gasteiger partial charge in [-0.2, -0.15) is 0 Å². The van der Waals surface area contributed by atoms with Crippen LogP contribution in [-0.2, 0) is 0 Å². The second kappa shape index (κ2) is 6.52. The van der Waals surface area contributed by atoms with E-state index in [0.29, 0.717) is 23.1 Å². The lowest BCUT2D eigenvalue weighted by Gasteiger charge is -2.28. The minimum Gasteiger partial charge on any atom is -0.352 e. The molecule has 0 radical (unpaired) electrons. The molecule has 1 amide bonds. The molecule has 1 aliphatic rings. The van der Waals surface area contributed by atoms with E-state index in [9.17, 15) is 4.79 Å². The molecule has 5 heteroatoms. The minimum absolute atomic E-state index is 0.0897. The summed E-state index contributed by atoms with van der Waals surface area (Å²) >= 11 is 0. The van der Waals surface area contributed by atoms with Crippen LogP contribution in [0.25, 0.3) is 0 Å². The summed E-state index contributed by atoms with van der Waals surface area (Å²) in [6.45, 7) is 3.02. The molecule has 2 atom stereocenters. The summed E-state index contributed by atoms with van der Waals surface area (Å²) in [4.78, 5) is 16.1. The van der Waals surface area contributed by atoms with E-state index in [4.69, 9.17) is 5.84 Å². The number of carbonyl (C=O) groups is 1. The number of nitrogens with one attached hydrogen (secondary N) is 2. The minimum atomic E-state index is -0.0897. The molecule has 19 heavy (non-hydrogen) atoms. The van der Waals surface area contributed by atoms with Crippen molar-refractivity contribution in [1.29, 1.82) is 0 Å². The lowest BCUT2D eigenvalue weighted by molar-refractivity contribution is 0.0937. The molecule has 1 aromatic rings. The second-order valence-electron chi connectivity index (χ2n) is 5.30. The number of pyridine rings is 1. The Bertz CT molecular complexity index is 435. The molecular formula is C14H22N4O. The van der Waals surface area contributed by atoms with Gasteiger partial charge in [0.2, 0.25) is 0 Å². The molecule has 1 fully saturated rings. The summed E-state index contributed by atoms with van der Waals surface area (Å²) in [6.07, 6.45) is 8.22. The average molecular weight is 262 g/mol. The molecule has 5 nitrogen and oxygen atoms in total. The van der Waals surface area contributed by atoms with Crippen LogP contribution in [0.2, 0.25) is 0 Å². The zero-order valence-electron chi connectivity index (χ0n) is 11.4. The number of amides is 1. The Morgan fingerprint density at radius 2 is 2.26 bits per heavy atom. The van der Waals surface area contributed by atoms with Gasteiger partial charge in [-0.25, -0.2) is 0 Å². The molecule has 2 unspecified atom stereocenters. The van der Waals surface area contributed by atoms with Gasteiger partial charge in [-0.05, 0) is 24.3 Å². The van der Waals surface area contributed by atoms with Gasteiger partial charge < -0.3 is 10.7 Å². The Morgan fingerprint density at radius 1 is 1.47 bits per heavy atom. The van der Waals surface area contributed by atoms with Crippen LogP contribution in [0.1, 0.15) is 43.0 Å². The summed E-state index contributed by atoms with van der Waals surface area (Å²) in [5.74, 6) is 6.57. The van der Waals surface area contributed by atoms with E-state index in [1.165, 1.54) is 25.7 Å². The van der Waals surface area contributed by atoms with E-state index in [1.807, 2.05) is 0 Å². The highest BCUT2D eigenvalue weighted by atomic mass is 16.1. The second-order valence-corrected chi connectivity index (χ2v) is 5.30. The van der Waals surface area contributed by atoms with Crippen LogP contribution in [0, 0.1) is 11.8 Å². The van der Waals surface area contributed by atoms with E-state index in [1.54, 1.807) is 18.5 Å². The van der Waals surface area contributed by atoms with Crippen LogP contribution in [0.4, 0.5) is 5.69 Å². The smallest absolute Gasteiger partial charge is 0.253 e. The predicted molar refractivity (Wildman–Crippen MR) is 75.5 cm³/mol. The van der Waals surface area contributed by atoms with Crippen molar-refractivity contribution in [2.45, 2.75) is 32.6 Å². The third-order valence-corrected chi connectivity index (χ3v) is 4.04. The zero-order valence-corrected chi connectivity index (χ0v) is 11.4. The highest BCUT2D eigenvalue weighted by Crippen LogP contribution is 2.28. The number of carbonyl (C=O) groups excluding carboxylic acids is 1. The van der Waals surface area contributed by atoms with Crippen molar-refractivity contribution in [1.82, 2.24) is 10.3 Å². The summed E-state index contributed by atoms with van der Waals surface area (Å²) in [6, 6.07) is 1.68. The van der Waals surface area contributed by atoms with Gasteiger partial charge in [0.15, 0.2) is 0 Å². The Balaban J connectivity index is 1.93. The SMILES string of the molecule is CC1CCCCC1CNC(=O)c1ccncc1NN. The van der Waals surface area contributed by atoms with E-state index < -0.39 is 0 Å². The molecule has 0 saturated heterocycles. The fourth-order valence-electron chi connectivity index (χ4n) is 2.72. The third kappa shape index (κ3) is 3.44. The van der Waals surface area contributed by atoms with Crippen LogP contribution in [0.15, 0.2) is 18.5 Å². The average Bonchev–Trinajstić information content (AvgIpc) is 2.46. The van der Waals surface area contributed by atoms with Crippen LogP contribution < -0.4 is 16.6 Å².